The van der Waals surface area contributed by atoms with Crippen molar-refractivity contribution in [2.75, 3.05) is 26.2 Å². The zero-order valence-corrected chi connectivity index (χ0v) is 19.3. The Morgan fingerprint density at radius 1 is 1.06 bits per heavy atom. The Kier molecular flexibility index (Phi) is 8.28. The number of benzene rings is 2. The molecule has 172 valence electrons. The van der Waals surface area contributed by atoms with Crippen LogP contribution in [-0.4, -0.2) is 48.7 Å². The Bertz CT molecular complexity index is 865. The van der Waals surface area contributed by atoms with Gasteiger partial charge in [0, 0.05) is 19.6 Å². The van der Waals surface area contributed by atoms with Gasteiger partial charge in [-0.1, -0.05) is 60.7 Å². The lowest BCUT2D eigenvalue weighted by atomic mass is 10.1. The Balaban J connectivity index is 1.50. The van der Waals surface area contributed by atoms with E-state index in [9.17, 15) is 9.59 Å². The highest BCUT2D eigenvalue weighted by atomic mass is 16.6. The Hall–Kier alpha value is -2.86. The molecule has 2 aromatic rings. The van der Waals surface area contributed by atoms with Gasteiger partial charge in [-0.05, 0) is 57.2 Å². The molecule has 32 heavy (non-hydrogen) atoms. The molecule has 0 aliphatic carbocycles. The van der Waals surface area contributed by atoms with Crippen LogP contribution in [0.15, 0.2) is 60.7 Å². The molecular weight excluding hydrogens is 402 g/mol. The van der Waals surface area contributed by atoms with Gasteiger partial charge < -0.3 is 20.3 Å². The molecule has 6 nitrogen and oxygen atoms in total. The van der Waals surface area contributed by atoms with E-state index in [4.69, 9.17) is 4.74 Å². The molecule has 1 unspecified atom stereocenters. The van der Waals surface area contributed by atoms with Crippen LogP contribution in [0.3, 0.4) is 0 Å². The summed E-state index contributed by atoms with van der Waals surface area (Å²) in [6, 6.07) is 19.0. The minimum Gasteiger partial charge on any atom is -0.444 e. The molecule has 0 aromatic heterocycles. The number of alkyl carbamates (subject to hydrolysis) is 1. The third kappa shape index (κ3) is 7.68. The number of hydrogen-bond acceptors (Lipinski definition) is 4. The van der Waals surface area contributed by atoms with Crippen molar-refractivity contribution >= 4 is 12.0 Å². The predicted molar refractivity (Wildman–Crippen MR) is 126 cm³/mol. The smallest absolute Gasteiger partial charge is 0.408 e. The molecule has 2 amide bonds. The SMILES string of the molecule is CC(C)(C)OC(=O)N[C@H](C(=O)NCC1CCN(CCc2ccccc2)C1)c1ccccc1. The third-order valence-corrected chi connectivity index (χ3v) is 5.55. The van der Waals surface area contributed by atoms with Crippen molar-refractivity contribution < 1.29 is 14.3 Å². The van der Waals surface area contributed by atoms with E-state index < -0.39 is 17.7 Å². The van der Waals surface area contributed by atoms with Crippen molar-refractivity contribution in [3.8, 4) is 0 Å². The molecule has 2 atom stereocenters. The molecule has 1 saturated heterocycles. The van der Waals surface area contributed by atoms with Gasteiger partial charge in [0.25, 0.3) is 0 Å². The number of ether oxygens (including phenoxy) is 1. The lowest BCUT2D eigenvalue weighted by Crippen LogP contribution is -2.43. The molecule has 6 heteroatoms. The molecule has 0 spiro atoms. The average Bonchev–Trinajstić information content (AvgIpc) is 3.22. The fraction of sp³-hybridized carbons (Fsp3) is 0.462. The molecular formula is C26H35N3O3. The van der Waals surface area contributed by atoms with Gasteiger partial charge >= 0.3 is 6.09 Å². The van der Waals surface area contributed by atoms with E-state index in [1.165, 1.54) is 5.56 Å². The highest BCUT2D eigenvalue weighted by Gasteiger charge is 2.28. The normalized spacial score (nSPS) is 17.5. The van der Waals surface area contributed by atoms with E-state index in [1.807, 2.05) is 36.4 Å². The van der Waals surface area contributed by atoms with Crippen LogP contribution in [-0.2, 0) is 16.0 Å². The fourth-order valence-corrected chi connectivity index (χ4v) is 3.93. The van der Waals surface area contributed by atoms with Crippen molar-refractivity contribution in [1.82, 2.24) is 15.5 Å². The topological polar surface area (TPSA) is 70.7 Å². The average molecular weight is 438 g/mol. The van der Waals surface area contributed by atoms with Gasteiger partial charge in [0.15, 0.2) is 0 Å². The van der Waals surface area contributed by atoms with Crippen LogP contribution in [0.1, 0.15) is 44.4 Å². The van der Waals surface area contributed by atoms with Gasteiger partial charge in [-0.3, -0.25) is 4.79 Å². The molecule has 0 bridgehead atoms. The van der Waals surface area contributed by atoms with Crippen LogP contribution in [0.5, 0.6) is 0 Å². The quantitative estimate of drug-likeness (QED) is 0.656. The molecule has 2 N–H and O–H groups in total. The first-order valence-electron chi connectivity index (χ1n) is 11.4. The predicted octanol–water partition coefficient (Wildman–Crippen LogP) is 3.93. The van der Waals surface area contributed by atoms with Crippen molar-refractivity contribution in [2.24, 2.45) is 5.92 Å². The van der Waals surface area contributed by atoms with Crippen molar-refractivity contribution in [3.63, 3.8) is 0 Å². The number of amides is 2. The summed E-state index contributed by atoms with van der Waals surface area (Å²) >= 11 is 0. The zero-order valence-electron chi connectivity index (χ0n) is 19.3. The standard InChI is InChI=1S/C26H35N3O3/c1-26(2,3)32-25(31)28-23(22-12-8-5-9-13-22)24(30)27-18-21-15-17-29(19-21)16-14-20-10-6-4-7-11-20/h4-13,21,23H,14-19H2,1-3H3,(H,27,30)(H,28,31)/t21?,23-/m0/s1. The van der Waals surface area contributed by atoms with Gasteiger partial charge in [0.2, 0.25) is 5.91 Å². The second-order valence-electron chi connectivity index (χ2n) is 9.43. The van der Waals surface area contributed by atoms with Crippen LogP contribution in [0, 0.1) is 5.92 Å². The van der Waals surface area contributed by atoms with Crippen LogP contribution in [0.2, 0.25) is 0 Å². The summed E-state index contributed by atoms with van der Waals surface area (Å²) in [5.74, 6) is 0.192. The number of likely N-dealkylation sites (tertiary alicyclic amines) is 1. The van der Waals surface area contributed by atoms with Crippen molar-refractivity contribution in [3.05, 3.63) is 71.8 Å². The van der Waals surface area contributed by atoms with Crippen LogP contribution < -0.4 is 10.6 Å². The first-order valence-corrected chi connectivity index (χ1v) is 11.4. The van der Waals surface area contributed by atoms with Gasteiger partial charge in [0.05, 0.1) is 0 Å². The monoisotopic (exact) mass is 437 g/mol. The second-order valence-corrected chi connectivity index (χ2v) is 9.43. The Morgan fingerprint density at radius 3 is 2.38 bits per heavy atom. The molecule has 3 rings (SSSR count). The molecule has 0 saturated carbocycles. The highest BCUT2D eigenvalue weighted by molar-refractivity contribution is 5.86. The highest BCUT2D eigenvalue weighted by Crippen LogP contribution is 2.18. The first kappa shape index (κ1) is 23.8. The molecule has 0 radical (unpaired) electrons. The molecule has 1 aliphatic rings. The molecule has 2 aromatic carbocycles. The summed E-state index contributed by atoms with van der Waals surface area (Å²) in [7, 11) is 0. The summed E-state index contributed by atoms with van der Waals surface area (Å²) in [5, 5.41) is 5.78. The number of hydrogen-bond donors (Lipinski definition) is 2. The number of carbonyl (C=O) groups excluding carboxylic acids is 2. The van der Waals surface area contributed by atoms with Crippen LogP contribution in [0.25, 0.3) is 0 Å². The van der Waals surface area contributed by atoms with E-state index in [0.717, 1.165) is 38.0 Å². The maximum atomic E-state index is 13.0. The lowest BCUT2D eigenvalue weighted by Gasteiger charge is -2.24. The Labute approximate surface area is 191 Å². The maximum absolute atomic E-state index is 13.0. The van der Waals surface area contributed by atoms with Gasteiger partial charge in [-0.25, -0.2) is 4.79 Å². The van der Waals surface area contributed by atoms with Crippen LogP contribution in [0.4, 0.5) is 4.79 Å². The summed E-state index contributed by atoms with van der Waals surface area (Å²) in [6.45, 7) is 9.05. The summed E-state index contributed by atoms with van der Waals surface area (Å²) in [4.78, 5) is 27.8. The Morgan fingerprint density at radius 2 is 1.72 bits per heavy atom. The molecule has 1 aliphatic heterocycles. The second kappa shape index (κ2) is 11.1. The first-order chi connectivity index (χ1) is 15.3. The number of rotatable bonds is 8. The van der Waals surface area contributed by atoms with Crippen molar-refractivity contribution in [2.45, 2.75) is 45.3 Å². The van der Waals surface area contributed by atoms with E-state index in [2.05, 4.69) is 39.8 Å². The number of nitrogens with one attached hydrogen (secondary N) is 2. The van der Waals surface area contributed by atoms with E-state index in [-0.39, 0.29) is 5.91 Å². The van der Waals surface area contributed by atoms with Crippen molar-refractivity contribution in [1.29, 1.82) is 0 Å². The molecule has 1 fully saturated rings. The fourth-order valence-electron chi connectivity index (χ4n) is 3.93. The van der Waals surface area contributed by atoms with Gasteiger partial charge in [0.1, 0.15) is 11.6 Å². The lowest BCUT2D eigenvalue weighted by molar-refractivity contribution is -0.123. The summed E-state index contributed by atoms with van der Waals surface area (Å²) in [6.07, 6.45) is 1.50. The molecule has 1 heterocycles. The minimum absolute atomic E-state index is 0.218. The zero-order chi connectivity index (χ0) is 23.0. The van der Waals surface area contributed by atoms with Gasteiger partial charge in [-0.15, -0.1) is 0 Å². The number of nitrogens with zero attached hydrogens (tertiary/aromatic N) is 1. The van der Waals surface area contributed by atoms with E-state index >= 15 is 0 Å². The van der Waals surface area contributed by atoms with Crippen LogP contribution >= 0.6 is 0 Å². The maximum Gasteiger partial charge on any atom is 0.408 e. The van der Waals surface area contributed by atoms with E-state index in [0.29, 0.717) is 12.5 Å². The summed E-state index contributed by atoms with van der Waals surface area (Å²) < 4.78 is 5.36. The summed E-state index contributed by atoms with van der Waals surface area (Å²) in [5.41, 5.74) is 1.45. The number of carbonyl (C=O) groups is 2. The third-order valence-electron chi connectivity index (χ3n) is 5.55. The van der Waals surface area contributed by atoms with E-state index in [1.54, 1.807) is 20.8 Å². The largest absolute Gasteiger partial charge is 0.444 e. The van der Waals surface area contributed by atoms with Gasteiger partial charge in [-0.2, -0.15) is 0 Å². The minimum atomic E-state index is -0.790.